The molecule has 0 aromatic carbocycles. The Labute approximate surface area is 103 Å². The summed E-state index contributed by atoms with van der Waals surface area (Å²) in [6.45, 7) is 9.31. The molecule has 0 radical (unpaired) electrons. The van der Waals surface area contributed by atoms with Gasteiger partial charge in [0.15, 0.2) is 0 Å². The summed E-state index contributed by atoms with van der Waals surface area (Å²) in [6.07, 6.45) is 5.32. The maximum atomic E-state index is 5.89. The van der Waals surface area contributed by atoms with Crippen LogP contribution in [-0.2, 0) is 11.3 Å². The Morgan fingerprint density at radius 2 is 2.41 bits per heavy atom. The number of hydrogen-bond donors (Lipinski definition) is 1. The fourth-order valence-electron chi connectivity index (χ4n) is 2.58. The molecule has 1 aliphatic heterocycles. The van der Waals surface area contributed by atoms with Gasteiger partial charge in [0.05, 0.1) is 12.1 Å². The molecule has 1 aromatic heterocycles. The lowest BCUT2D eigenvalue weighted by molar-refractivity contribution is 0.0575. The van der Waals surface area contributed by atoms with Gasteiger partial charge >= 0.3 is 0 Å². The Hall–Kier alpha value is -0.870. The van der Waals surface area contributed by atoms with Gasteiger partial charge in [0, 0.05) is 25.5 Å². The van der Waals surface area contributed by atoms with E-state index in [0.29, 0.717) is 5.92 Å². The molecule has 1 N–H and O–H groups in total. The first-order valence-electron chi connectivity index (χ1n) is 6.63. The van der Waals surface area contributed by atoms with Gasteiger partial charge in [-0.2, -0.15) is 0 Å². The number of likely N-dealkylation sites (N-methyl/N-ethyl adjacent to an activating group) is 1. The summed E-state index contributed by atoms with van der Waals surface area (Å²) in [5, 5.41) is 3.52. The van der Waals surface area contributed by atoms with Crippen LogP contribution in [0.3, 0.4) is 0 Å². The van der Waals surface area contributed by atoms with Gasteiger partial charge in [0.1, 0.15) is 5.82 Å². The molecule has 2 rings (SSSR count). The van der Waals surface area contributed by atoms with E-state index in [0.717, 1.165) is 31.9 Å². The van der Waals surface area contributed by atoms with Crippen molar-refractivity contribution in [2.24, 2.45) is 5.92 Å². The Bertz CT molecular complexity index is 350. The van der Waals surface area contributed by atoms with Crippen LogP contribution in [0.4, 0.5) is 0 Å². The molecule has 2 heterocycles. The number of imidazole rings is 1. The Balaban J connectivity index is 2.22. The highest BCUT2D eigenvalue weighted by molar-refractivity contribution is 5.04. The summed E-state index contributed by atoms with van der Waals surface area (Å²) < 4.78 is 8.08. The molecule has 4 heteroatoms. The topological polar surface area (TPSA) is 39.1 Å². The number of nitrogens with one attached hydrogen (secondary N) is 1. The van der Waals surface area contributed by atoms with Gasteiger partial charge < -0.3 is 14.6 Å². The minimum Gasteiger partial charge on any atom is -0.376 e. The highest BCUT2D eigenvalue weighted by atomic mass is 16.5. The van der Waals surface area contributed by atoms with E-state index in [1.54, 1.807) is 0 Å². The molecule has 96 valence electrons. The smallest absolute Gasteiger partial charge is 0.128 e. The van der Waals surface area contributed by atoms with Gasteiger partial charge in [0.2, 0.25) is 0 Å². The highest BCUT2D eigenvalue weighted by Gasteiger charge is 2.34. The van der Waals surface area contributed by atoms with Crippen LogP contribution in [0.2, 0.25) is 0 Å². The van der Waals surface area contributed by atoms with E-state index in [4.69, 9.17) is 4.74 Å². The maximum absolute atomic E-state index is 5.89. The minimum absolute atomic E-state index is 0.215. The summed E-state index contributed by atoms with van der Waals surface area (Å²) in [6, 6.07) is 0.215. The molecule has 17 heavy (non-hydrogen) atoms. The molecule has 3 unspecified atom stereocenters. The standard InChI is InChI=1S/C13H23N3O/c1-4-14-11(12-10(3)6-9-17-12)13-15-7-8-16(13)5-2/h7-8,10-12,14H,4-6,9H2,1-3H3. The van der Waals surface area contributed by atoms with Crippen molar-refractivity contribution in [3.63, 3.8) is 0 Å². The molecule has 1 aromatic rings. The number of aryl methyl sites for hydroxylation is 1. The second-order valence-electron chi connectivity index (χ2n) is 4.71. The molecule has 1 aliphatic rings. The second-order valence-corrected chi connectivity index (χ2v) is 4.71. The van der Waals surface area contributed by atoms with Gasteiger partial charge in [-0.25, -0.2) is 4.98 Å². The fourth-order valence-corrected chi connectivity index (χ4v) is 2.58. The molecular weight excluding hydrogens is 214 g/mol. The molecule has 4 nitrogen and oxygen atoms in total. The lowest BCUT2D eigenvalue weighted by Gasteiger charge is -2.26. The van der Waals surface area contributed by atoms with Crippen molar-refractivity contribution in [2.45, 2.75) is 45.9 Å². The lowest BCUT2D eigenvalue weighted by Crippen LogP contribution is -2.36. The van der Waals surface area contributed by atoms with E-state index in [1.807, 2.05) is 12.4 Å². The monoisotopic (exact) mass is 237 g/mol. The summed E-state index contributed by atoms with van der Waals surface area (Å²) in [5.41, 5.74) is 0. The van der Waals surface area contributed by atoms with Crippen LogP contribution in [0, 0.1) is 5.92 Å². The van der Waals surface area contributed by atoms with E-state index >= 15 is 0 Å². The van der Waals surface area contributed by atoms with Crippen LogP contribution < -0.4 is 5.32 Å². The molecule has 0 bridgehead atoms. The van der Waals surface area contributed by atoms with Crippen LogP contribution in [0.15, 0.2) is 12.4 Å². The van der Waals surface area contributed by atoms with Gasteiger partial charge in [-0.1, -0.05) is 13.8 Å². The Kier molecular flexibility index (Phi) is 4.18. The van der Waals surface area contributed by atoms with E-state index in [-0.39, 0.29) is 12.1 Å². The van der Waals surface area contributed by atoms with Crippen molar-refractivity contribution in [1.82, 2.24) is 14.9 Å². The average Bonchev–Trinajstić information content (AvgIpc) is 2.94. The van der Waals surface area contributed by atoms with Crippen LogP contribution in [0.1, 0.15) is 39.1 Å². The zero-order valence-electron chi connectivity index (χ0n) is 11.0. The molecule has 0 amide bonds. The van der Waals surface area contributed by atoms with Gasteiger partial charge in [-0.05, 0) is 25.8 Å². The summed E-state index contributed by atoms with van der Waals surface area (Å²) >= 11 is 0. The first-order valence-corrected chi connectivity index (χ1v) is 6.63. The van der Waals surface area contributed by atoms with Gasteiger partial charge in [0.25, 0.3) is 0 Å². The Morgan fingerprint density at radius 1 is 1.59 bits per heavy atom. The summed E-state index contributed by atoms with van der Waals surface area (Å²) in [4.78, 5) is 4.51. The largest absolute Gasteiger partial charge is 0.376 e. The normalized spacial score (nSPS) is 26.3. The first kappa shape index (κ1) is 12.6. The zero-order valence-corrected chi connectivity index (χ0v) is 11.0. The summed E-state index contributed by atoms with van der Waals surface area (Å²) in [7, 11) is 0. The fraction of sp³-hybridized carbons (Fsp3) is 0.769. The van der Waals surface area contributed by atoms with Gasteiger partial charge in [-0.3, -0.25) is 0 Å². The molecule has 0 saturated carbocycles. The SMILES string of the molecule is CCNC(c1nccn1CC)C1OCCC1C. The van der Waals surface area contributed by atoms with Crippen molar-refractivity contribution < 1.29 is 4.74 Å². The van der Waals surface area contributed by atoms with Crippen LogP contribution in [0.5, 0.6) is 0 Å². The molecule has 3 atom stereocenters. The van der Waals surface area contributed by atoms with E-state index in [1.165, 1.54) is 0 Å². The van der Waals surface area contributed by atoms with Crippen LogP contribution in [0.25, 0.3) is 0 Å². The first-order chi connectivity index (χ1) is 8.27. The van der Waals surface area contributed by atoms with Gasteiger partial charge in [-0.15, -0.1) is 0 Å². The number of hydrogen-bond acceptors (Lipinski definition) is 3. The van der Waals surface area contributed by atoms with Crippen LogP contribution in [-0.4, -0.2) is 28.8 Å². The molecule has 1 saturated heterocycles. The van der Waals surface area contributed by atoms with E-state index < -0.39 is 0 Å². The third kappa shape index (κ3) is 2.53. The van der Waals surface area contributed by atoms with E-state index in [2.05, 4.69) is 35.6 Å². The predicted octanol–water partition coefficient (Wildman–Crippen LogP) is 1.98. The predicted molar refractivity (Wildman–Crippen MR) is 67.8 cm³/mol. The molecular formula is C13H23N3O. The quantitative estimate of drug-likeness (QED) is 0.851. The van der Waals surface area contributed by atoms with Crippen molar-refractivity contribution in [1.29, 1.82) is 0 Å². The third-order valence-corrected chi connectivity index (χ3v) is 3.56. The molecule has 1 fully saturated rings. The van der Waals surface area contributed by atoms with Crippen molar-refractivity contribution in [2.75, 3.05) is 13.2 Å². The Morgan fingerprint density at radius 3 is 3.00 bits per heavy atom. The maximum Gasteiger partial charge on any atom is 0.128 e. The second kappa shape index (κ2) is 5.65. The lowest BCUT2D eigenvalue weighted by atomic mass is 9.97. The number of nitrogens with zero attached hydrogens (tertiary/aromatic N) is 2. The number of rotatable bonds is 5. The average molecular weight is 237 g/mol. The third-order valence-electron chi connectivity index (χ3n) is 3.56. The van der Waals surface area contributed by atoms with E-state index in [9.17, 15) is 0 Å². The van der Waals surface area contributed by atoms with Crippen LogP contribution >= 0.6 is 0 Å². The van der Waals surface area contributed by atoms with Crippen molar-refractivity contribution >= 4 is 0 Å². The number of aromatic nitrogens is 2. The zero-order chi connectivity index (χ0) is 12.3. The number of ether oxygens (including phenoxy) is 1. The molecule has 0 aliphatic carbocycles. The minimum atomic E-state index is 0.215. The molecule has 0 spiro atoms. The van der Waals surface area contributed by atoms with Crippen molar-refractivity contribution in [3.8, 4) is 0 Å². The van der Waals surface area contributed by atoms with Crippen molar-refractivity contribution in [3.05, 3.63) is 18.2 Å². The summed E-state index contributed by atoms with van der Waals surface area (Å²) in [5.74, 6) is 1.70. The highest BCUT2D eigenvalue weighted by Crippen LogP contribution is 2.30.